The summed E-state index contributed by atoms with van der Waals surface area (Å²) >= 11 is 0. The van der Waals surface area contributed by atoms with E-state index in [0.717, 1.165) is 37.1 Å². The molecule has 4 aromatic carbocycles. The van der Waals surface area contributed by atoms with Gasteiger partial charge in [-0.15, -0.1) is 0 Å². The highest BCUT2D eigenvalue weighted by Gasteiger charge is 2.53. The first kappa shape index (κ1) is 32.5. The second kappa shape index (κ2) is 13.1. The summed E-state index contributed by atoms with van der Waals surface area (Å²) in [5.74, 6) is -3.16. The van der Waals surface area contributed by atoms with Crippen LogP contribution in [-0.2, 0) is 20.7 Å². The van der Waals surface area contributed by atoms with Crippen molar-refractivity contribution in [3.8, 4) is 17.2 Å². The van der Waals surface area contributed by atoms with Crippen molar-refractivity contribution in [3.05, 3.63) is 96.6 Å². The Kier molecular flexibility index (Phi) is 8.89. The molecule has 0 spiro atoms. The topological polar surface area (TPSA) is 84.9 Å². The van der Waals surface area contributed by atoms with Gasteiger partial charge in [0.1, 0.15) is 17.2 Å². The molecule has 0 aromatic heterocycles. The first-order valence-electron chi connectivity index (χ1n) is 16.8. The Bertz CT molecular complexity index is 1880. The van der Waals surface area contributed by atoms with Gasteiger partial charge in [-0.3, -0.25) is 4.79 Å². The molecular weight excluding hydrogens is 634 g/mol. The van der Waals surface area contributed by atoms with Crippen LogP contribution < -0.4 is 14.2 Å². The van der Waals surface area contributed by atoms with E-state index in [0.29, 0.717) is 48.5 Å². The molecule has 1 saturated carbocycles. The molecular formula is C38H40F2N2O5S. The number of ether oxygens (including phenoxy) is 2. The highest BCUT2D eigenvalue weighted by Crippen LogP contribution is 2.42. The van der Waals surface area contributed by atoms with Crippen LogP contribution in [0.3, 0.4) is 0 Å². The number of fused-ring (bicyclic) bond motifs is 3. The molecule has 2 aliphatic heterocycles. The van der Waals surface area contributed by atoms with Crippen LogP contribution in [0.2, 0.25) is 0 Å². The number of halogens is 2. The van der Waals surface area contributed by atoms with Crippen LogP contribution in [0, 0.1) is 5.92 Å². The SMILES string of the molecule is CC1CC2CCC(C1)N2C(=O)C(NS(=O)(=O)c1ccc2cc(OC3CCCC3)ccc2c1)C(F)(F)c1cccc(Oc2ccccc2)c1. The molecule has 1 N–H and O–H groups in total. The van der Waals surface area contributed by atoms with Gasteiger partial charge in [-0.05, 0) is 117 Å². The number of nitrogens with zero attached hydrogens (tertiary/aromatic N) is 1. The minimum absolute atomic E-state index is 0.144. The van der Waals surface area contributed by atoms with Crippen molar-refractivity contribution in [3.63, 3.8) is 0 Å². The van der Waals surface area contributed by atoms with Crippen molar-refractivity contribution in [2.75, 3.05) is 0 Å². The van der Waals surface area contributed by atoms with Crippen LogP contribution in [0.1, 0.15) is 63.9 Å². The number of para-hydroxylation sites is 1. The zero-order chi connectivity index (χ0) is 33.5. The summed E-state index contributed by atoms with van der Waals surface area (Å²) in [5.41, 5.74) is -0.525. The van der Waals surface area contributed by atoms with Gasteiger partial charge in [0.15, 0.2) is 6.04 Å². The number of sulfonamides is 1. The van der Waals surface area contributed by atoms with Crippen molar-refractivity contribution in [1.82, 2.24) is 9.62 Å². The maximum atomic E-state index is 16.8. The van der Waals surface area contributed by atoms with E-state index in [9.17, 15) is 13.2 Å². The van der Waals surface area contributed by atoms with E-state index in [2.05, 4.69) is 11.6 Å². The van der Waals surface area contributed by atoms with Crippen LogP contribution in [-0.4, -0.2) is 43.5 Å². The van der Waals surface area contributed by atoms with Crippen molar-refractivity contribution >= 4 is 26.7 Å². The van der Waals surface area contributed by atoms with Crippen LogP contribution >= 0.6 is 0 Å². The van der Waals surface area contributed by atoms with Gasteiger partial charge < -0.3 is 14.4 Å². The van der Waals surface area contributed by atoms with E-state index < -0.39 is 33.5 Å². The fourth-order valence-corrected chi connectivity index (χ4v) is 8.88. The summed E-state index contributed by atoms with van der Waals surface area (Å²) < 4.78 is 75.5. The largest absolute Gasteiger partial charge is 0.490 e. The van der Waals surface area contributed by atoms with E-state index in [1.54, 1.807) is 48.5 Å². The van der Waals surface area contributed by atoms with E-state index >= 15 is 8.78 Å². The van der Waals surface area contributed by atoms with Gasteiger partial charge >= 0.3 is 0 Å². The van der Waals surface area contributed by atoms with Crippen LogP contribution in [0.15, 0.2) is 95.9 Å². The Morgan fingerprint density at radius 2 is 1.48 bits per heavy atom. The Hall–Kier alpha value is -4.02. The lowest BCUT2D eigenvalue weighted by Gasteiger charge is -2.41. The van der Waals surface area contributed by atoms with Crippen LogP contribution in [0.25, 0.3) is 10.8 Å². The van der Waals surface area contributed by atoms with Gasteiger partial charge in [-0.1, -0.05) is 49.4 Å². The molecule has 1 amide bonds. The predicted molar refractivity (Wildman–Crippen MR) is 180 cm³/mol. The summed E-state index contributed by atoms with van der Waals surface area (Å²) in [5, 5.41) is 1.37. The zero-order valence-corrected chi connectivity index (χ0v) is 27.7. The first-order valence-corrected chi connectivity index (χ1v) is 18.3. The fourth-order valence-electron chi connectivity index (χ4n) is 7.66. The Morgan fingerprint density at radius 1 is 0.812 bits per heavy atom. The van der Waals surface area contributed by atoms with Crippen molar-refractivity contribution in [2.45, 2.75) is 93.3 Å². The van der Waals surface area contributed by atoms with Crippen LogP contribution in [0.5, 0.6) is 17.2 Å². The number of carbonyl (C=O) groups is 1. The van der Waals surface area contributed by atoms with Gasteiger partial charge in [0.2, 0.25) is 15.9 Å². The monoisotopic (exact) mass is 674 g/mol. The van der Waals surface area contributed by atoms with Crippen molar-refractivity contribution < 1.29 is 31.5 Å². The Morgan fingerprint density at radius 3 is 2.21 bits per heavy atom. The molecule has 2 saturated heterocycles. The average Bonchev–Trinajstić information content (AvgIpc) is 3.69. The third-order valence-electron chi connectivity index (χ3n) is 10.0. The molecule has 3 aliphatic rings. The van der Waals surface area contributed by atoms with Gasteiger partial charge in [-0.25, -0.2) is 8.42 Å². The lowest BCUT2D eigenvalue weighted by Crippen LogP contribution is -2.59. The lowest BCUT2D eigenvalue weighted by atomic mass is 9.91. The minimum atomic E-state index is -4.58. The number of piperidine rings is 1. The zero-order valence-electron chi connectivity index (χ0n) is 26.9. The Labute approximate surface area is 280 Å². The molecule has 1 aliphatic carbocycles. The first-order chi connectivity index (χ1) is 23.1. The van der Waals surface area contributed by atoms with Crippen molar-refractivity contribution in [2.24, 2.45) is 5.92 Å². The summed E-state index contributed by atoms with van der Waals surface area (Å²) in [6, 6.07) is 21.1. The quantitative estimate of drug-likeness (QED) is 0.183. The fraction of sp³-hybridized carbons (Fsp3) is 0.395. The van der Waals surface area contributed by atoms with E-state index in [-0.39, 0.29) is 28.8 Å². The molecule has 252 valence electrons. The number of hydrogen-bond acceptors (Lipinski definition) is 5. The smallest absolute Gasteiger partial charge is 0.298 e. The van der Waals surface area contributed by atoms with Crippen LogP contribution in [0.4, 0.5) is 8.78 Å². The normalized spacial score (nSPS) is 22.1. The molecule has 2 bridgehead atoms. The third kappa shape index (κ3) is 6.65. The molecule has 4 aromatic rings. The number of nitrogens with one attached hydrogen (secondary N) is 1. The van der Waals surface area contributed by atoms with Gasteiger partial charge in [0, 0.05) is 17.6 Å². The standard InChI is InChI=1S/C38H40F2N2O5S/c1-25-20-29-16-17-30(21-25)42(29)37(43)36(38(39,40)28-8-7-13-33(24-28)46-31-9-3-2-4-10-31)41-48(44,45)35-19-15-26-22-34(18-14-27(26)23-35)47-32-11-5-6-12-32/h2-4,7-10,13-15,18-19,22-25,29-30,32,36,41H,5-6,11-12,16-17,20-21H2,1H3. The summed E-state index contributed by atoms with van der Waals surface area (Å²) in [4.78, 5) is 15.6. The van der Waals surface area contributed by atoms with Gasteiger partial charge in [-0.2, -0.15) is 13.5 Å². The molecule has 10 heteroatoms. The van der Waals surface area contributed by atoms with E-state index in [4.69, 9.17) is 9.47 Å². The maximum Gasteiger partial charge on any atom is 0.298 e. The average molecular weight is 675 g/mol. The summed E-state index contributed by atoms with van der Waals surface area (Å²) in [6.45, 7) is 2.10. The summed E-state index contributed by atoms with van der Waals surface area (Å²) in [7, 11) is -4.58. The molecule has 3 unspecified atom stereocenters. The van der Waals surface area contributed by atoms with Crippen molar-refractivity contribution in [1.29, 1.82) is 0 Å². The minimum Gasteiger partial charge on any atom is -0.490 e. The van der Waals surface area contributed by atoms with Gasteiger partial charge in [0.25, 0.3) is 5.92 Å². The predicted octanol–water partition coefficient (Wildman–Crippen LogP) is 8.18. The summed E-state index contributed by atoms with van der Waals surface area (Å²) in [6.07, 6.45) is 7.29. The maximum absolute atomic E-state index is 16.8. The Balaban J connectivity index is 1.20. The molecule has 0 radical (unpaired) electrons. The molecule has 2 heterocycles. The van der Waals surface area contributed by atoms with E-state index in [1.165, 1.54) is 29.2 Å². The number of carbonyl (C=O) groups excluding carboxylic acids is 1. The third-order valence-corrected chi connectivity index (χ3v) is 11.4. The van der Waals surface area contributed by atoms with Gasteiger partial charge in [0.05, 0.1) is 11.0 Å². The second-order valence-corrected chi connectivity index (χ2v) is 15.2. The molecule has 7 rings (SSSR count). The number of hydrogen-bond donors (Lipinski definition) is 1. The number of benzene rings is 4. The second-order valence-electron chi connectivity index (χ2n) is 13.5. The number of rotatable bonds is 10. The highest BCUT2D eigenvalue weighted by molar-refractivity contribution is 7.89. The molecule has 7 nitrogen and oxygen atoms in total. The number of alkyl halides is 2. The molecule has 3 fully saturated rings. The number of amides is 1. The van der Waals surface area contributed by atoms with E-state index in [1.807, 2.05) is 12.1 Å². The molecule has 48 heavy (non-hydrogen) atoms. The highest BCUT2D eigenvalue weighted by atomic mass is 32.2. The lowest BCUT2D eigenvalue weighted by molar-refractivity contribution is -0.149. The molecule has 3 atom stereocenters.